The molecule has 1 N–H and O–H groups in total. The van der Waals surface area contributed by atoms with Gasteiger partial charge in [0.25, 0.3) is 5.91 Å². The van der Waals surface area contributed by atoms with E-state index in [0.29, 0.717) is 0 Å². The van der Waals surface area contributed by atoms with E-state index >= 15 is 0 Å². The highest BCUT2D eigenvalue weighted by atomic mass is 16.2. The van der Waals surface area contributed by atoms with E-state index in [-0.39, 0.29) is 24.3 Å². The molecule has 1 aliphatic carbocycles. The van der Waals surface area contributed by atoms with Gasteiger partial charge in [0.2, 0.25) is 5.91 Å². The van der Waals surface area contributed by atoms with Crippen LogP contribution in [0.5, 0.6) is 0 Å². The summed E-state index contributed by atoms with van der Waals surface area (Å²) in [6.45, 7) is 4.07. The lowest BCUT2D eigenvalue weighted by Gasteiger charge is -2.17. The molecule has 2 amide bonds. The summed E-state index contributed by atoms with van der Waals surface area (Å²) in [5.74, 6) is -0.0938. The maximum absolute atomic E-state index is 12.2. The van der Waals surface area contributed by atoms with Crippen molar-refractivity contribution in [3.05, 3.63) is 29.3 Å². The maximum atomic E-state index is 12.2. The van der Waals surface area contributed by atoms with Crippen molar-refractivity contribution < 1.29 is 9.59 Å². The van der Waals surface area contributed by atoms with Crippen molar-refractivity contribution in [2.24, 2.45) is 0 Å². The first-order chi connectivity index (χ1) is 9.08. The Morgan fingerprint density at radius 1 is 1.21 bits per heavy atom. The molecule has 1 saturated heterocycles. The van der Waals surface area contributed by atoms with Crippen molar-refractivity contribution in [2.45, 2.75) is 45.2 Å². The second-order valence-corrected chi connectivity index (χ2v) is 5.48. The molecule has 1 saturated carbocycles. The number of hydrogen-bond donors (Lipinski definition) is 1. The molecule has 0 spiro atoms. The Bertz CT molecular complexity index is 549. The Kier molecular flexibility index (Phi) is 2.81. The van der Waals surface area contributed by atoms with Crippen molar-refractivity contribution in [2.75, 3.05) is 5.32 Å². The Balaban J connectivity index is 1.79. The monoisotopic (exact) mass is 258 g/mol. The fourth-order valence-electron chi connectivity index (χ4n) is 2.58. The number of hydrogen-bond acceptors (Lipinski definition) is 3. The van der Waals surface area contributed by atoms with Crippen LogP contribution in [0.4, 0.5) is 5.69 Å². The predicted molar refractivity (Wildman–Crippen MR) is 72.8 cm³/mol. The predicted octanol–water partition coefficient (Wildman–Crippen LogP) is 2.01. The number of nitrogens with one attached hydrogen (secondary N) is 1. The Labute approximate surface area is 112 Å². The number of imide groups is 1. The third-order valence-electron chi connectivity index (χ3n) is 4.03. The molecule has 1 aromatic carbocycles. The van der Waals surface area contributed by atoms with Crippen LogP contribution < -0.4 is 5.32 Å². The molecular formula is C15H18N2O2. The first kappa shape index (κ1) is 12.2. The van der Waals surface area contributed by atoms with Crippen LogP contribution in [0.25, 0.3) is 0 Å². The molecule has 0 radical (unpaired) electrons. The third-order valence-corrected chi connectivity index (χ3v) is 4.03. The zero-order chi connectivity index (χ0) is 13.6. The van der Waals surface area contributed by atoms with Crippen molar-refractivity contribution in [1.29, 1.82) is 0 Å². The van der Waals surface area contributed by atoms with Gasteiger partial charge in [0.05, 0.1) is 6.42 Å². The van der Waals surface area contributed by atoms with Crippen LogP contribution in [0.3, 0.4) is 0 Å². The second kappa shape index (κ2) is 4.37. The molecule has 2 aliphatic rings. The Hall–Kier alpha value is -1.84. The average molecular weight is 258 g/mol. The molecule has 1 atom stereocenters. The third kappa shape index (κ3) is 2.11. The van der Waals surface area contributed by atoms with Crippen molar-refractivity contribution in [3.8, 4) is 0 Å². The SMILES string of the molecule is Cc1cccc(NC2CC(=O)N(C3CC3)C2=O)c1C. The minimum absolute atomic E-state index is 0.0321. The largest absolute Gasteiger partial charge is 0.373 e. The summed E-state index contributed by atoms with van der Waals surface area (Å²) in [4.78, 5) is 25.6. The number of benzene rings is 1. The van der Waals surface area contributed by atoms with Gasteiger partial charge in [-0.2, -0.15) is 0 Å². The number of carbonyl (C=O) groups excluding carboxylic acids is 2. The highest BCUT2D eigenvalue weighted by molar-refractivity contribution is 6.07. The van der Waals surface area contributed by atoms with Crippen LogP contribution in [0, 0.1) is 13.8 Å². The molecular weight excluding hydrogens is 240 g/mol. The summed E-state index contributed by atoms with van der Waals surface area (Å²) in [6, 6.07) is 5.74. The number of aryl methyl sites for hydroxylation is 1. The Morgan fingerprint density at radius 2 is 1.95 bits per heavy atom. The van der Waals surface area contributed by atoms with Crippen molar-refractivity contribution >= 4 is 17.5 Å². The molecule has 1 unspecified atom stereocenters. The van der Waals surface area contributed by atoms with E-state index in [0.717, 1.165) is 24.1 Å². The number of likely N-dealkylation sites (tertiary alicyclic amines) is 1. The summed E-state index contributed by atoms with van der Waals surface area (Å²) in [6.07, 6.45) is 2.21. The van der Waals surface area contributed by atoms with Crippen LogP contribution in [-0.2, 0) is 9.59 Å². The summed E-state index contributed by atoms with van der Waals surface area (Å²) in [5, 5.41) is 3.23. The van der Waals surface area contributed by atoms with Crippen molar-refractivity contribution in [3.63, 3.8) is 0 Å². The zero-order valence-corrected chi connectivity index (χ0v) is 11.3. The second-order valence-electron chi connectivity index (χ2n) is 5.48. The van der Waals surface area contributed by atoms with E-state index in [9.17, 15) is 9.59 Å². The van der Waals surface area contributed by atoms with Gasteiger partial charge in [-0.25, -0.2) is 0 Å². The summed E-state index contributed by atoms with van der Waals surface area (Å²) >= 11 is 0. The summed E-state index contributed by atoms with van der Waals surface area (Å²) in [5.41, 5.74) is 3.26. The first-order valence-corrected chi connectivity index (χ1v) is 6.76. The van der Waals surface area contributed by atoms with Crippen LogP contribution in [-0.4, -0.2) is 28.8 Å². The van der Waals surface area contributed by atoms with E-state index in [1.807, 2.05) is 32.0 Å². The van der Waals surface area contributed by atoms with Gasteiger partial charge >= 0.3 is 0 Å². The van der Waals surface area contributed by atoms with Crippen LogP contribution in [0.2, 0.25) is 0 Å². The van der Waals surface area contributed by atoms with E-state index < -0.39 is 6.04 Å². The molecule has 1 aliphatic heterocycles. The van der Waals surface area contributed by atoms with E-state index in [1.165, 1.54) is 10.5 Å². The molecule has 4 nitrogen and oxygen atoms in total. The zero-order valence-electron chi connectivity index (χ0n) is 11.3. The molecule has 3 rings (SSSR count). The fraction of sp³-hybridized carbons (Fsp3) is 0.467. The molecule has 19 heavy (non-hydrogen) atoms. The van der Waals surface area contributed by atoms with Crippen LogP contribution in [0.15, 0.2) is 18.2 Å². The quantitative estimate of drug-likeness (QED) is 0.844. The van der Waals surface area contributed by atoms with Crippen molar-refractivity contribution in [1.82, 2.24) is 4.90 Å². The minimum Gasteiger partial charge on any atom is -0.373 e. The fourth-order valence-corrected chi connectivity index (χ4v) is 2.58. The number of amides is 2. The van der Waals surface area contributed by atoms with Gasteiger partial charge in [0.15, 0.2) is 0 Å². The minimum atomic E-state index is -0.395. The van der Waals surface area contributed by atoms with E-state index in [4.69, 9.17) is 0 Å². The molecule has 0 aromatic heterocycles. The van der Waals surface area contributed by atoms with Crippen LogP contribution in [0.1, 0.15) is 30.4 Å². The van der Waals surface area contributed by atoms with Gasteiger partial charge in [-0.3, -0.25) is 14.5 Å². The molecule has 1 aromatic rings. The lowest BCUT2D eigenvalue weighted by atomic mass is 10.1. The molecule has 1 heterocycles. The van der Waals surface area contributed by atoms with Crippen LogP contribution >= 0.6 is 0 Å². The van der Waals surface area contributed by atoms with Gasteiger partial charge in [-0.15, -0.1) is 0 Å². The van der Waals surface area contributed by atoms with Gasteiger partial charge in [-0.05, 0) is 43.9 Å². The van der Waals surface area contributed by atoms with Gasteiger partial charge in [-0.1, -0.05) is 12.1 Å². The summed E-state index contributed by atoms with van der Waals surface area (Å²) in [7, 11) is 0. The topological polar surface area (TPSA) is 49.4 Å². The first-order valence-electron chi connectivity index (χ1n) is 6.76. The maximum Gasteiger partial charge on any atom is 0.252 e. The van der Waals surface area contributed by atoms with E-state index in [2.05, 4.69) is 5.32 Å². The molecule has 100 valence electrons. The molecule has 2 fully saturated rings. The number of anilines is 1. The smallest absolute Gasteiger partial charge is 0.252 e. The standard InChI is InChI=1S/C15H18N2O2/c1-9-4-3-5-12(10(9)2)16-13-8-14(18)17(15(13)19)11-6-7-11/h3-5,11,13,16H,6-8H2,1-2H3. The number of carbonyl (C=O) groups is 2. The summed E-state index contributed by atoms with van der Waals surface area (Å²) < 4.78 is 0. The normalized spacial score (nSPS) is 23.1. The Morgan fingerprint density at radius 3 is 2.63 bits per heavy atom. The highest BCUT2D eigenvalue weighted by Crippen LogP contribution is 2.32. The highest BCUT2D eigenvalue weighted by Gasteiger charge is 2.46. The number of nitrogens with zero attached hydrogens (tertiary/aromatic N) is 1. The number of rotatable bonds is 3. The lowest BCUT2D eigenvalue weighted by molar-refractivity contribution is -0.139. The van der Waals surface area contributed by atoms with Gasteiger partial charge in [0, 0.05) is 11.7 Å². The van der Waals surface area contributed by atoms with Gasteiger partial charge in [0.1, 0.15) is 6.04 Å². The van der Waals surface area contributed by atoms with E-state index in [1.54, 1.807) is 0 Å². The van der Waals surface area contributed by atoms with Gasteiger partial charge < -0.3 is 5.32 Å². The molecule has 4 heteroatoms. The lowest BCUT2D eigenvalue weighted by Crippen LogP contribution is -2.36. The average Bonchev–Trinajstić information content (AvgIpc) is 3.14. The molecule has 0 bridgehead atoms.